The van der Waals surface area contributed by atoms with Gasteiger partial charge in [0.2, 0.25) is 0 Å². The average molecular weight is 288 g/mol. The zero-order valence-electron chi connectivity index (χ0n) is 10.7. The molecule has 100 valence electrons. The van der Waals surface area contributed by atoms with Crippen molar-refractivity contribution in [1.82, 2.24) is 0 Å². The van der Waals surface area contributed by atoms with E-state index in [1.807, 2.05) is 18.2 Å². The van der Waals surface area contributed by atoms with E-state index in [0.29, 0.717) is 12.0 Å². The molecule has 1 aliphatic heterocycles. The molecule has 1 aliphatic rings. The van der Waals surface area contributed by atoms with Crippen LogP contribution in [0.5, 0.6) is 0 Å². The zero-order chi connectivity index (χ0) is 13.0. The first-order valence-corrected chi connectivity index (χ1v) is 7.37. The Balaban J connectivity index is 2.20. The predicted octanol–water partition coefficient (Wildman–Crippen LogP) is 4.08. The number of likely N-dealkylation sites (N-methyl/N-ethyl adjacent to an activating group) is 1. The molecule has 0 N–H and O–H groups in total. The summed E-state index contributed by atoms with van der Waals surface area (Å²) in [6.07, 6.45) is 2.62. The first-order chi connectivity index (χ1) is 8.76. The number of rotatable bonds is 5. The van der Waals surface area contributed by atoms with Crippen LogP contribution in [0.1, 0.15) is 25.3 Å². The van der Waals surface area contributed by atoms with Gasteiger partial charge >= 0.3 is 0 Å². The fourth-order valence-corrected chi connectivity index (χ4v) is 2.96. The summed E-state index contributed by atoms with van der Waals surface area (Å²) in [4.78, 5) is 2.27. The summed E-state index contributed by atoms with van der Waals surface area (Å²) in [5, 5.41) is 0.771. The standard InChI is InChI=1S/C14H19Cl2NO/c1-2-17(10-12-6-4-8-18-12)14-11(9-15)5-3-7-13(14)16/h3,5,7,12H,2,4,6,8-10H2,1H3. The first kappa shape index (κ1) is 14.0. The summed E-state index contributed by atoms with van der Waals surface area (Å²) in [5.74, 6) is 0.484. The Morgan fingerprint density at radius 1 is 1.44 bits per heavy atom. The fraction of sp³-hybridized carbons (Fsp3) is 0.571. The lowest BCUT2D eigenvalue weighted by Gasteiger charge is -2.28. The highest BCUT2D eigenvalue weighted by Gasteiger charge is 2.21. The van der Waals surface area contributed by atoms with Gasteiger partial charge in [0.15, 0.2) is 0 Å². The minimum absolute atomic E-state index is 0.324. The third-order valence-corrected chi connectivity index (χ3v) is 3.95. The Morgan fingerprint density at radius 3 is 2.89 bits per heavy atom. The van der Waals surface area contributed by atoms with E-state index in [9.17, 15) is 0 Å². The van der Waals surface area contributed by atoms with E-state index in [-0.39, 0.29) is 0 Å². The Kier molecular flexibility index (Phi) is 5.16. The molecule has 1 saturated heterocycles. The molecule has 4 heteroatoms. The van der Waals surface area contributed by atoms with E-state index in [1.165, 1.54) is 0 Å². The van der Waals surface area contributed by atoms with Crippen molar-refractivity contribution in [2.24, 2.45) is 0 Å². The second kappa shape index (κ2) is 6.65. The van der Waals surface area contributed by atoms with E-state index in [1.54, 1.807) is 0 Å². The van der Waals surface area contributed by atoms with E-state index >= 15 is 0 Å². The molecule has 0 spiro atoms. The maximum Gasteiger partial charge on any atom is 0.0750 e. The van der Waals surface area contributed by atoms with Crippen molar-refractivity contribution in [3.63, 3.8) is 0 Å². The van der Waals surface area contributed by atoms with Crippen molar-refractivity contribution in [2.45, 2.75) is 31.7 Å². The molecular weight excluding hydrogens is 269 g/mol. The monoisotopic (exact) mass is 287 g/mol. The number of hydrogen-bond donors (Lipinski definition) is 0. The van der Waals surface area contributed by atoms with Gasteiger partial charge in [-0.15, -0.1) is 11.6 Å². The van der Waals surface area contributed by atoms with Crippen LogP contribution in [0.2, 0.25) is 5.02 Å². The van der Waals surface area contributed by atoms with Gasteiger partial charge in [-0.25, -0.2) is 0 Å². The number of anilines is 1. The van der Waals surface area contributed by atoms with Crippen LogP contribution < -0.4 is 4.90 Å². The van der Waals surface area contributed by atoms with Gasteiger partial charge in [0, 0.05) is 25.6 Å². The molecule has 0 aromatic heterocycles. The Labute approximate surface area is 119 Å². The third kappa shape index (κ3) is 3.11. The Bertz CT molecular complexity index is 391. The number of alkyl halides is 1. The summed E-state index contributed by atoms with van der Waals surface area (Å²) in [6.45, 7) is 4.82. The predicted molar refractivity (Wildman–Crippen MR) is 77.9 cm³/mol. The summed E-state index contributed by atoms with van der Waals surface area (Å²) < 4.78 is 5.70. The van der Waals surface area contributed by atoms with Crippen molar-refractivity contribution in [1.29, 1.82) is 0 Å². The van der Waals surface area contributed by atoms with Crippen LogP contribution in [0.15, 0.2) is 18.2 Å². The third-order valence-electron chi connectivity index (χ3n) is 3.36. The number of hydrogen-bond acceptors (Lipinski definition) is 2. The molecule has 1 atom stereocenters. The van der Waals surface area contributed by atoms with Gasteiger partial charge in [0.05, 0.1) is 16.8 Å². The molecular formula is C14H19Cl2NO. The van der Waals surface area contributed by atoms with Gasteiger partial charge in [-0.3, -0.25) is 0 Å². The molecule has 0 amide bonds. The van der Waals surface area contributed by atoms with Crippen LogP contribution in [-0.2, 0) is 10.6 Å². The van der Waals surface area contributed by atoms with Crippen LogP contribution in [0.3, 0.4) is 0 Å². The molecule has 1 aromatic rings. The molecule has 2 nitrogen and oxygen atoms in total. The zero-order valence-corrected chi connectivity index (χ0v) is 12.2. The van der Waals surface area contributed by atoms with Crippen molar-refractivity contribution in [3.05, 3.63) is 28.8 Å². The number of para-hydroxylation sites is 1. The molecule has 1 fully saturated rings. The molecule has 0 bridgehead atoms. The maximum atomic E-state index is 6.33. The topological polar surface area (TPSA) is 12.5 Å². The van der Waals surface area contributed by atoms with Gasteiger partial charge in [0.25, 0.3) is 0 Å². The number of halogens is 2. The average Bonchev–Trinajstić information content (AvgIpc) is 2.89. The van der Waals surface area contributed by atoms with Crippen molar-refractivity contribution >= 4 is 28.9 Å². The Hall–Kier alpha value is -0.440. The van der Waals surface area contributed by atoms with Crippen LogP contribution in [0, 0.1) is 0 Å². The molecule has 0 radical (unpaired) electrons. The summed E-state index contributed by atoms with van der Waals surface area (Å²) in [6, 6.07) is 5.90. The van der Waals surface area contributed by atoms with Crippen molar-refractivity contribution in [2.75, 3.05) is 24.6 Å². The van der Waals surface area contributed by atoms with Gasteiger partial charge in [-0.1, -0.05) is 23.7 Å². The molecule has 0 saturated carbocycles. The summed E-state index contributed by atoms with van der Waals surface area (Å²) >= 11 is 12.3. The SMILES string of the molecule is CCN(CC1CCCO1)c1c(Cl)cccc1CCl. The molecule has 0 aliphatic carbocycles. The van der Waals surface area contributed by atoms with E-state index in [2.05, 4.69) is 11.8 Å². The highest BCUT2D eigenvalue weighted by Crippen LogP contribution is 2.32. The van der Waals surface area contributed by atoms with Crippen molar-refractivity contribution < 1.29 is 4.74 Å². The molecule has 2 rings (SSSR count). The lowest BCUT2D eigenvalue weighted by molar-refractivity contribution is 0.115. The molecule has 1 heterocycles. The number of ether oxygens (including phenoxy) is 1. The second-order valence-corrected chi connectivity index (χ2v) is 5.23. The minimum atomic E-state index is 0.324. The number of benzene rings is 1. The largest absolute Gasteiger partial charge is 0.376 e. The van der Waals surface area contributed by atoms with Crippen LogP contribution >= 0.6 is 23.2 Å². The van der Waals surface area contributed by atoms with Crippen LogP contribution in [-0.4, -0.2) is 25.8 Å². The maximum absolute atomic E-state index is 6.33. The van der Waals surface area contributed by atoms with Gasteiger partial charge in [-0.05, 0) is 31.4 Å². The van der Waals surface area contributed by atoms with E-state index in [4.69, 9.17) is 27.9 Å². The highest BCUT2D eigenvalue weighted by molar-refractivity contribution is 6.33. The lowest BCUT2D eigenvalue weighted by atomic mass is 10.1. The quantitative estimate of drug-likeness (QED) is 0.757. The molecule has 1 unspecified atom stereocenters. The second-order valence-electron chi connectivity index (χ2n) is 4.55. The summed E-state index contributed by atoms with van der Waals surface area (Å²) in [7, 11) is 0. The van der Waals surface area contributed by atoms with E-state index < -0.39 is 0 Å². The minimum Gasteiger partial charge on any atom is -0.376 e. The lowest BCUT2D eigenvalue weighted by Crippen LogP contribution is -2.32. The first-order valence-electron chi connectivity index (χ1n) is 6.46. The van der Waals surface area contributed by atoms with Crippen LogP contribution in [0.25, 0.3) is 0 Å². The number of nitrogens with zero attached hydrogens (tertiary/aromatic N) is 1. The van der Waals surface area contributed by atoms with Gasteiger partial charge in [-0.2, -0.15) is 0 Å². The fourth-order valence-electron chi connectivity index (χ4n) is 2.43. The highest BCUT2D eigenvalue weighted by atomic mass is 35.5. The van der Waals surface area contributed by atoms with E-state index in [0.717, 1.165) is 48.8 Å². The molecule has 18 heavy (non-hydrogen) atoms. The molecule has 1 aromatic carbocycles. The van der Waals surface area contributed by atoms with Gasteiger partial charge in [0.1, 0.15) is 0 Å². The smallest absolute Gasteiger partial charge is 0.0750 e. The van der Waals surface area contributed by atoms with Gasteiger partial charge < -0.3 is 9.64 Å². The Morgan fingerprint density at radius 2 is 2.28 bits per heavy atom. The van der Waals surface area contributed by atoms with Crippen molar-refractivity contribution in [3.8, 4) is 0 Å². The van der Waals surface area contributed by atoms with Crippen LogP contribution in [0.4, 0.5) is 5.69 Å². The normalized spacial score (nSPS) is 19.2. The summed E-state index contributed by atoms with van der Waals surface area (Å²) in [5.41, 5.74) is 2.15.